The minimum Gasteiger partial charge on any atom is -0.489 e. The standard InChI is InChI=1S/C25H17N5O3/c26-13-16-5-3-6-17(11-16)15-33-19-8-4-7-18(12-19)28-25(32)21-14-27-30-22-10-2-1-9-20(22)24(31)29-23(21)30/h1-12,14H,15H2,(H,28,32)(H,29,31). The maximum atomic E-state index is 12.9. The lowest BCUT2D eigenvalue weighted by atomic mass is 10.1. The number of anilines is 1. The van der Waals surface area contributed by atoms with E-state index in [1.165, 1.54) is 6.20 Å². The minimum absolute atomic E-state index is 0.248. The third-order valence-corrected chi connectivity index (χ3v) is 5.18. The molecular weight excluding hydrogens is 418 g/mol. The SMILES string of the molecule is N#Cc1cccc(COc2cccc(NC(=O)c3cnn4c3[nH]c(=O)c3ccccc34)c2)c1. The molecule has 8 nitrogen and oxygen atoms in total. The Bertz CT molecular complexity index is 1610. The highest BCUT2D eigenvalue weighted by molar-refractivity contribution is 6.08. The monoisotopic (exact) mass is 435 g/mol. The van der Waals surface area contributed by atoms with Crippen molar-refractivity contribution in [1.82, 2.24) is 14.6 Å². The maximum Gasteiger partial charge on any atom is 0.261 e. The molecule has 0 saturated carbocycles. The van der Waals surface area contributed by atoms with Crippen molar-refractivity contribution in [2.45, 2.75) is 6.61 Å². The van der Waals surface area contributed by atoms with E-state index < -0.39 is 5.91 Å². The molecule has 8 heteroatoms. The zero-order valence-corrected chi connectivity index (χ0v) is 17.3. The average Bonchev–Trinajstić information content (AvgIpc) is 3.27. The molecule has 0 radical (unpaired) electrons. The van der Waals surface area contributed by atoms with Gasteiger partial charge in [0.25, 0.3) is 11.5 Å². The molecule has 0 atom stereocenters. The van der Waals surface area contributed by atoms with E-state index in [2.05, 4.69) is 21.5 Å². The lowest BCUT2D eigenvalue weighted by Crippen LogP contribution is -2.15. The van der Waals surface area contributed by atoms with Crippen LogP contribution in [0.2, 0.25) is 0 Å². The molecule has 3 aromatic carbocycles. The predicted molar refractivity (Wildman–Crippen MR) is 123 cm³/mol. The van der Waals surface area contributed by atoms with Crippen molar-refractivity contribution in [3.05, 3.63) is 106 Å². The van der Waals surface area contributed by atoms with Crippen molar-refractivity contribution in [2.24, 2.45) is 0 Å². The van der Waals surface area contributed by atoms with Gasteiger partial charge in [0.05, 0.1) is 28.7 Å². The van der Waals surface area contributed by atoms with Crippen molar-refractivity contribution < 1.29 is 9.53 Å². The largest absolute Gasteiger partial charge is 0.489 e. The first-order chi connectivity index (χ1) is 16.1. The Morgan fingerprint density at radius 2 is 1.94 bits per heavy atom. The molecule has 0 aliphatic heterocycles. The highest BCUT2D eigenvalue weighted by atomic mass is 16.5. The molecule has 0 spiro atoms. The van der Waals surface area contributed by atoms with Crippen LogP contribution in [0.1, 0.15) is 21.5 Å². The van der Waals surface area contributed by atoms with Crippen LogP contribution in [0.5, 0.6) is 5.75 Å². The van der Waals surface area contributed by atoms with E-state index in [1.54, 1.807) is 65.2 Å². The Hall–Kier alpha value is -4.90. The van der Waals surface area contributed by atoms with Crippen LogP contribution in [-0.4, -0.2) is 20.5 Å². The lowest BCUT2D eigenvalue weighted by Gasteiger charge is -2.09. The Morgan fingerprint density at radius 3 is 2.82 bits per heavy atom. The van der Waals surface area contributed by atoms with Crippen molar-refractivity contribution >= 4 is 28.1 Å². The number of fused-ring (bicyclic) bond motifs is 3. The number of nitrogens with one attached hydrogen (secondary N) is 2. The van der Waals surface area contributed by atoms with Crippen LogP contribution < -0.4 is 15.6 Å². The van der Waals surface area contributed by atoms with Gasteiger partial charge in [0, 0.05) is 11.8 Å². The van der Waals surface area contributed by atoms with E-state index in [0.29, 0.717) is 33.6 Å². The number of aromatic amines is 1. The average molecular weight is 435 g/mol. The second-order valence-corrected chi connectivity index (χ2v) is 7.37. The highest BCUT2D eigenvalue weighted by Gasteiger charge is 2.16. The number of rotatable bonds is 5. The van der Waals surface area contributed by atoms with Crippen molar-refractivity contribution in [1.29, 1.82) is 5.26 Å². The number of hydrogen-bond acceptors (Lipinski definition) is 5. The second kappa shape index (κ2) is 8.32. The number of hydrogen-bond donors (Lipinski definition) is 2. The summed E-state index contributed by atoms with van der Waals surface area (Å²) >= 11 is 0. The number of H-pyrrole nitrogens is 1. The minimum atomic E-state index is -0.408. The number of carbonyl (C=O) groups is 1. The summed E-state index contributed by atoms with van der Waals surface area (Å²) in [7, 11) is 0. The quantitative estimate of drug-likeness (QED) is 0.435. The number of nitriles is 1. The molecule has 2 heterocycles. The summed E-state index contributed by atoms with van der Waals surface area (Å²) in [6.45, 7) is 0.287. The molecule has 160 valence electrons. The molecule has 0 bridgehead atoms. The topological polar surface area (TPSA) is 112 Å². The molecule has 33 heavy (non-hydrogen) atoms. The molecule has 1 amide bonds. The fraction of sp³-hybridized carbons (Fsp3) is 0.0400. The molecule has 5 aromatic rings. The summed E-state index contributed by atoms with van der Waals surface area (Å²) in [4.78, 5) is 28.1. The zero-order valence-electron chi connectivity index (χ0n) is 17.3. The first-order valence-corrected chi connectivity index (χ1v) is 10.1. The molecule has 0 saturated heterocycles. The molecule has 0 aliphatic carbocycles. The third-order valence-electron chi connectivity index (χ3n) is 5.18. The number of amides is 1. The van der Waals surface area contributed by atoms with Gasteiger partial charge in [-0.1, -0.05) is 30.3 Å². The fourth-order valence-corrected chi connectivity index (χ4v) is 3.60. The summed E-state index contributed by atoms with van der Waals surface area (Å²) in [5.41, 5.74) is 2.86. The van der Waals surface area contributed by atoms with Crippen LogP contribution in [-0.2, 0) is 6.61 Å². The molecule has 5 rings (SSSR count). The zero-order chi connectivity index (χ0) is 22.8. The van der Waals surface area contributed by atoms with Gasteiger partial charge in [0.15, 0.2) is 0 Å². The molecule has 0 unspecified atom stereocenters. The fourth-order valence-electron chi connectivity index (χ4n) is 3.60. The van der Waals surface area contributed by atoms with E-state index in [4.69, 9.17) is 10.00 Å². The van der Waals surface area contributed by atoms with E-state index in [0.717, 1.165) is 5.56 Å². The van der Waals surface area contributed by atoms with Gasteiger partial charge in [-0.15, -0.1) is 0 Å². The van der Waals surface area contributed by atoms with Gasteiger partial charge in [0.1, 0.15) is 23.6 Å². The van der Waals surface area contributed by atoms with E-state index in [1.807, 2.05) is 12.1 Å². The molecule has 2 aromatic heterocycles. The summed E-state index contributed by atoms with van der Waals surface area (Å²) in [5, 5.41) is 16.6. The Morgan fingerprint density at radius 1 is 1.09 bits per heavy atom. The van der Waals surface area contributed by atoms with Crippen molar-refractivity contribution in [2.75, 3.05) is 5.32 Å². The second-order valence-electron chi connectivity index (χ2n) is 7.37. The van der Waals surface area contributed by atoms with Crippen LogP contribution in [0.25, 0.3) is 16.6 Å². The van der Waals surface area contributed by atoms with Crippen LogP contribution in [0.3, 0.4) is 0 Å². The van der Waals surface area contributed by atoms with Crippen LogP contribution in [0.4, 0.5) is 5.69 Å². The van der Waals surface area contributed by atoms with Gasteiger partial charge in [-0.05, 0) is 42.0 Å². The lowest BCUT2D eigenvalue weighted by molar-refractivity contribution is 0.102. The van der Waals surface area contributed by atoms with Gasteiger partial charge in [-0.2, -0.15) is 10.4 Å². The number of aromatic nitrogens is 3. The number of benzene rings is 3. The van der Waals surface area contributed by atoms with E-state index >= 15 is 0 Å². The first-order valence-electron chi connectivity index (χ1n) is 10.1. The van der Waals surface area contributed by atoms with Crippen LogP contribution >= 0.6 is 0 Å². The molecule has 0 fully saturated rings. The Labute approximate surface area is 187 Å². The molecule has 2 N–H and O–H groups in total. The Balaban J connectivity index is 1.37. The summed E-state index contributed by atoms with van der Waals surface area (Å²) < 4.78 is 7.36. The van der Waals surface area contributed by atoms with Crippen molar-refractivity contribution in [3.63, 3.8) is 0 Å². The van der Waals surface area contributed by atoms with Crippen LogP contribution in [0.15, 0.2) is 83.8 Å². The highest BCUT2D eigenvalue weighted by Crippen LogP contribution is 2.21. The normalized spacial score (nSPS) is 10.8. The van der Waals surface area contributed by atoms with Gasteiger partial charge < -0.3 is 15.0 Å². The summed E-state index contributed by atoms with van der Waals surface area (Å²) in [5.74, 6) is 0.157. The first kappa shape index (κ1) is 20.0. The maximum absolute atomic E-state index is 12.9. The number of para-hydroxylation sites is 1. The van der Waals surface area contributed by atoms with E-state index in [9.17, 15) is 9.59 Å². The molecular formula is C25H17N5O3. The van der Waals surface area contributed by atoms with Gasteiger partial charge in [-0.25, -0.2) is 4.52 Å². The summed E-state index contributed by atoms with van der Waals surface area (Å²) in [6.07, 6.45) is 1.43. The molecule has 0 aliphatic rings. The van der Waals surface area contributed by atoms with E-state index in [-0.39, 0.29) is 17.7 Å². The summed E-state index contributed by atoms with van der Waals surface area (Å²) in [6, 6.07) is 23.3. The van der Waals surface area contributed by atoms with Crippen LogP contribution in [0, 0.1) is 11.3 Å². The van der Waals surface area contributed by atoms with Gasteiger partial charge >= 0.3 is 0 Å². The smallest absolute Gasteiger partial charge is 0.261 e. The van der Waals surface area contributed by atoms with Gasteiger partial charge in [0.2, 0.25) is 0 Å². The number of ether oxygens (including phenoxy) is 1. The number of nitrogens with zero attached hydrogens (tertiary/aromatic N) is 3. The van der Waals surface area contributed by atoms with Crippen molar-refractivity contribution in [3.8, 4) is 11.8 Å². The number of carbonyl (C=O) groups excluding carboxylic acids is 1. The van der Waals surface area contributed by atoms with Gasteiger partial charge in [-0.3, -0.25) is 9.59 Å². The Kier molecular flexibility index (Phi) is 5.05. The third kappa shape index (κ3) is 3.91. The predicted octanol–water partition coefficient (Wildman–Crippen LogP) is 3.88.